The number of hydrazone groups is 1. The molecule has 0 radical (unpaired) electrons. The topological polar surface area (TPSA) is 72.5 Å². The number of nitrogens with one attached hydrogen (secondary N) is 1. The van der Waals surface area contributed by atoms with Gasteiger partial charge in [0.25, 0.3) is 0 Å². The highest BCUT2D eigenvalue weighted by atomic mass is 127. The Morgan fingerprint density at radius 1 is 1.58 bits per heavy atom. The number of thiazole rings is 1. The lowest BCUT2D eigenvalue weighted by Crippen LogP contribution is -1.94. The van der Waals surface area contributed by atoms with E-state index in [1.54, 1.807) is 18.7 Å². The van der Waals surface area contributed by atoms with Crippen LogP contribution in [0.5, 0.6) is 5.75 Å². The number of ether oxygens (including phenoxy) is 1. The van der Waals surface area contributed by atoms with Crippen molar-refractivity contribution in [2.75, 3.05) is 18.3 Å². The fraction of sp³-hybridized carbons (Fsp3) is 0.0909. The van der Waals surface area contributed by atoms with E-state index >= 15 is 0 Å². The Bertz CT molecular complexity index is 617. The molecule has 1 aromatic heterocycles. The van der Waals surface area contributed by atoms with Gasteiger partial charge in [0.1, 0.15) is 11.6 Å². The zero-order chi connectivity index (χ0) is 13.8. The molecule has 0 aliphatic rings. The maximum Gasteiger partial charge on any atom is 0.205 e. The second-order valence-electron chi connectivity index (χ2n) is 3.46. The molecule has 0 amide bonds. The van der Waals surface area contributed by atoms with Gasteiger partial charge in [-0.15, -0.1) is 11.3 Å². The third kappa shape index (κ3) is 3.80. The predicted molar refractivity (Wildman–Crippen MR) is 91.2 cm³/mol. The number of nitrogen functional groups attached to an aromatic ring is 1. The number of hydrogen-bond donors (Lipinski definition) is 2. The quantitative estimate of drug-likeness (QED) is 0.422. The number of benzene rings is 1. The number of aromatic nitrogens is 1. The first-order valence-corrected chi connectivity index (χ1v) is 7.88. The fourth-order valence-corrected chi connectivity index (χ4v) is 2.98. The van der Waals surface area contributed by atoms with Crippen LogP contribution in [0.1, 0.15) is 5.56 Å². The van der Waals surface area contributed by atoms with Crippen molar-refractivity contribution in [2.45, 2.75) is 0 Å². The molecule has 1 heterocycles. The molecule has 2 aromatic rings. The zero-order valence-electron chi connectivity index (χ0n) is 9.85. The molecule has 0 bridgehead atoms. The van der Waals surface area contributed by atoms with E-state index in [0.717, 1.165) is 19.4 Å². The molecule has 0 spiro atoms. The van der Waals surface area contributed by atoms with Crippen LogP contribution < -0.4 is 15.9 Å². The van der Waals surface area contributed by atoms with Crippen LogP contribution in [-0.2, 0) is 0 Å². The SMILES string of the molecule is COc1cc(Br)c(C=NNc2nc(N)cs2)cc1I. The Labute approximate surface area is 136 Å². The van der Waals surface area contributed by atoms with E-state index in [9.17, 15) is 0 Å². The van der Waals surface area contributed by atoms with Gasteiger partial charge in [0, 0.05) is 15.4 Å². The lowest BCUT2D eigenvalue weighted by molar-refractivity contribution is 0.411. The summed E-state index contributed by atoms with van der Waals surface area (Å²) in [6.45, 7) is 0. The molecule has 0 atom stereocenters. The first kappa shape index (κ1) is 14.5. The first-order chi connectivity index (χ1) is 9.10. The second kappa shape index (κ2) is 6.53. The number of hydrogen-bond acceptors (Lipinski definition) is 6. The van der Waals surface area contributed by atoms with Gasteiger partial charge in [-0.05, 0) is 50.7 Å². The smallest absolute Gasteiger partial charge is 0.205 e. The van der Waals surface area contributed by atoms with Crippen LogP contribution in [0.4, 0.5) is 10.9 Å². The molecule has 0 saturated carbocycles. The van der Waals surface area contributed by atoms with Crippen molar-refractivity contribution in [1.29, 1.82) is 0 Å². The average Bonchev–Trinajstić information content (AvgIpc) is 2.79. The largest absolute Gasteiger partial charge is 0.496 e. The lowest BCUT2D eigenvalue weighted by atomic mass is 10.2. The summed E-state index contributed by atoms with van der Waals surface area (Å²) >= 11 is 7.10. The van der Waals surface area contributed by atoms with Crippen LogP contribution >= 0.6 is 49.9 Å². The Balaban J connectivity index is 2.12. The molecule has 0 unspecified atom stereocenters. The third-order valence-electron chi connectivity index (χ3n) is 2.16. The molecule has 100 valence electrons. The lowest BCUT2D eigenvalue weighted by Gasteiger charge is -2.06. The van der Waals surface area contributed by atoms with Gasteiger partial charge in [0.15, 0.2) is 0 Å². The number of nitrogens with two attached hydrogens (primary N) is 1. The minimum absolute atomic E-state index is 0.489. The number of methoxy groups -OCH3 is 1. The summed E-state index contributed by atoms with van der Waals surface area (Å²) in [7, 11) is 1.64. The molecule has 0 saturated heterocycles. The van der Waals surface area contributed by atoms with E-state index in [4.69, 9.17) is 10.5 Å². The van der Waals surface area contributed by atoms with E-state index in [-0.39, 0.29) is 0 Å². The third-order valence-corrected chi connectivity index (χ3v) is 4.45. The molecule has 3 N–H and O–H groups in total. The summed E-state index contributed by atoms with van der Waals surface area (Å²) in [4.78, 5) is 4.05. The van der Waals surface area contributed by atoms with Crippen LogP contribution in [-0.4, -0.2) is 18.3 Å². The highest BCUT2D eigenvalue weighted by Crippen LogP contribution is 2.27. The maximum absolute atomic E-state index is 5.52. The molecule has 1 aromatic carbocycles. The number of anilines is 2. The van der Waals surface area contributed by atoms with Crippen LogP contribution in [0.3, 0.4) is 0 Å². The molecule has 0 aliphatic carbocycles. The molecule has 19 heavy (non-hydrogen) atoms. The highest BCUT2D eigenvalue weighted by Gasteiger charge is 2.05. The molecular formula is C11H10BrIN4OS. The molecule has 0 aliphatic heterocycles. The summed E-state index contributed by atoms with van der Waals surface area (Å²) in [5, 5.41) is 6.54. The summed E-state index contributed by atoms with van der Waals surface area (Å²) in [5.74, 6) is 1.31. The minimum atomic E-state index is 0.489. The zero-order valence-corrected chi connectivity index (χ0v) is 14.4. The van der Waals surface area contributed by atoms with E-state index in [1.165, 1.54) is 11.3 Å². The van der Waals surface area contributed by atoms with Gasteiger partial charge in [-0.3, -0.25) is 5.43 Å². The van der Waals surface area contributed by atoms with Crippen LogP contribution in [0, 0.1) is 3.57 Å². The van der Waals surface area contributed by atoms with Crippen molar-refractivity contribution in [3.8, 4) is 5.75 Å². The van der Waals surface area contributed by atoms with Gasteiger partial charge >= 0.3 is 0 Å². The van der Waals surface area contributed by atoms with Crippen molar-refractivity contribution in [2.24, 2.45) is 5.10 Å². The standard InChI is InChI=1S/C11H10BrIN4OS/c1-18-9-3-7(12)6(2-8(9)13)4-15-17-11-16-10(14)5-19-11/h2-5H,14H2,1H3,(H,16,17). The number of nitrogens with zero attached hydrogens (tertiary/aromatic N) is 2. The Hall–Kier alpha value is -0.870. The monoisotopic (exact) mass is 452 g/mol. The molecule has 8 heteroatoms. The van der Waals surface area contributed by atoms with Gasteiger partial charge in [-0.1, -0.05) is 0 Å². The highest BCUT2D eigenvalue weighted by molar-refractivity contribution is 14.1. The van der Waals surface area contributed by atoms with Crippen molar-refractivity contribution in [1.82, 2.24) is 4.98 Å². The Morgan fingerprint density at radius 2 is 2.37 bits per heavy atom. The minimum Gasteiger partial charge on any atom is -0.496 e. The van der Waals surface area contributed by atoms with Crippen LogP contribution in [0.2, 0.25) is 0 Å². The molecular weight excluding hydrogens is 443 g/mol. The van der Waals surface area contributed by atoms with Gasteiger partial charge in [0.05, 0.1) is 16.9 Å². The van der Waals surface area contributed by atoms with Gasteiger partial charge < -0.3 is 10.5 Å². The Kier molecular flexibility index (Phi) is 4.99. The number of rotatable bonds is 4. The van der Waals surface area contributed by atoms with Gasteiger partial charge in [0.2, 0.25) is 5.13 Å². The Morgan fingerprint density at radius 3 is 3.00 bits per heavy atom. The second-order valence-corrected chi connectivity index (χ2v) is 6.33. The van der Waals surface area contributed by atoms with Gasteiger partial charge in [-0.25, -0.2) is 4.98 Å². The summed E-state index contributed by atoms with van der Waals surface area (Å²) in [6.07, 6.45) is 1.71. The summed E-state index contributed by atoms with van der Waals surface area (Å²) in [6, 6.07) is 3.88. The molecule has 2 rings (SSSR count). The van der Waals surface area contributed by atoms with E-state index in [1.807, 2.05) is 12.1 Å². The normalized spacial score (nSPS) is 10.9. The van der Waals surface area contributed by atoms with Crippen LogP contribution in [0.25, 0.3) is 0 Å². The van der Waals surface area contributed by atoms with Crippen molar-refractivity contribution in [3.63, 3.8) is 0 Å². The van der Waals surface area contributed by atoms with Crippen molar-refractivity contribution >= 4 is 67.0 Å². The maximum atomic E-state index is 5.52. The van der Waals surface area contributed by atoms with Crippen LogP contribution in [0.15, 0.2) is 27.1 Å². The first-order valence-electron chi connectivity index (χ1n) is 5.13. The molecule has 5 nitrogen and oxygen atoms in total. The summed E-state index contributed by atoms with van der Waals surface area (Å²) < 4.78 is 7.17. The number of halogens is 2. The van der Waals surface area contributed by atoms with E-state index in [0.29, 0.717) is 10.9 Å². The predicted octanol–water partition coefficient (Wildman–Crippen LogP) is 3.55. The van der Waals surface area contributed by atoms with E-state index < -0.39 is 0 Å². The van der Waals surface area contributed by atoms with Crippen molar-refractivity contribution < 1.29 is 4.74 Å². The van der Waals surface area contributed by atoms with E-state index in [2.05, 4.69) is 54.0 Å². The molecule has 0 fully saturated rings. The average molecular weight is 453 g/mol. The summed E-state index contributed by atoms with van der Waals surface area (Å²) in [5.41, 5.74) is 9.30. The fourth-order valence-electron chi connectivity index (χ4n) is 1.29. The van der Waals surface area contributed by atoms with Gasteiger partial charge in [-0.2, -0.15) is 5.10 Å². The van der Waals surface area contributed by atoms with Crippen molar-refractivity contribution in [3.05, 3.63) is 31.1 Å².